The van der Waals surface area contributed by atoms with E-state index in [-0.39, 0.29) is 0 Å². The summed E-state index contributed by atoms with van der Waals surface area (Å²) in [5.41, 5.74) is 0.524. The largest absolute Gasteiger partial charge is 0.316 e. The number of nitrogens with one attached hydrogen (secondary N) is 1. The Morgan fingerprint density at radius 1 is 0.941 bits per heavy atom. The number of rotatable bonds is 11. The van der Waals surface area contributed by atoms with E-state index in [1.165, 1.54) is 51.5 Å². The molecule has 0 fully saturated rings. The molecule has 0 bridgehead atoms. The maximum atomic E-state index is 3.55. The summed E-state index contributed by atoms with van der Waals surface area (Å²) in [6.07, 6.45) is 9.73. The summed E-state index contributed by atoms with van der Waals surface area (Å²) in [7, 11) is 0. The molecule has 0 spiro atoms. The molecule has 0 aliphatic carbocycles. The van der Waals surface area contributed by atoms with Gasteiger partial charge >= 0.3 is 0 Å². The Hall–Kier alpha value is -0.0400. The van der Waals surface area contributed by atoms with Gasteiger partial charge in [0.25, 0.3) is 0 Å². The zero-order valence-corrected chi connectivity index (χ0v) is 12.9. The molecule has 0 radical (unpaired) electrons. The molecule has 1 N–H and O–H groups in total. The summed E-state index contributed by atoms with van der Waals surface area (Å²) < 4.78 is 0. The number of unbranched alkanes of at least 4 members (excludes halogenated alkanes) is 4. The highest BCUT2D eigenvalue weighted by Gasteiger charge is 2.16. The van der Waals surface area contributed by atoms with Gasteiger partial charge in [-0.25, -0.2) is 0 Å². The average Bonchev–Trinajstić information content (AvgIpc) is 2.24. The minimum absolute atomic E-state index is 0.524. The third-order valence-corrected chi connectivity index (χ3v) is 3.49. The van der Waals surface area contributed by atoms with Crippen molar-refractivity contribution in [3.63, 3.8) is 0 Å². The van der Waals surface area contributed by atoms with E-state index in [9.17, 15) is 0 Å². The van der Waals surface area contributed by atoms with Gasteiger partial charge in [-0.1, -0.05) is 66.7 Å². The van der Waals surface area contributed by atoms with Crippen molar-refractivity contribution in [2.75, 3.05) is 13.1 Å². The minimum Gasteiger partial charge on any atom is -0.316 e. The van der Waals surface area contributed by atoms with Crippen LogP contribution in [0.25, 0.3) is 0 Å². The molecule has 0 unspecified atom stereocenters. The molecule has 1 heteroatoms. The molecule has 0 saturated heterocycles. The molecule has 1 nitrogen and oxygen atoms in total. The van der Waals surface area contributed by atoms with Gasteiger partial charge in [0.2, 0.25) is 0 Å². The van der Waals surface area contributed by atoms with Crippen LogP contribution in [0.2, 0.25) is 0 Å². The van der Waals surface area contributed by atoms with E-state index < -0.39 is 0 Å². The van der Waals surface area contributed by atoms with Crippen molar-refractivity contribution in [2.24, 2.45) is 11.3 Å². The third-order valence-electron chi connectivity index (χ3n) is 3.49. The van der Waals surface area contributed by atoms with Gasteiger partial charge in [-0.3, -0.25) is 0 Å². The second-order valence-corrected chi connectivity index (χ2v) is 6.68. The summed E-state index contributed by atoms with van der Waals surface area (Å²) in [6.45, 7) is 14.0. The van der Waals surface area contributed by atoms with Crippen LogP contribution >= 0.6 is 0 Å². The van der Waals surface area contributed by atoms with Gasteiger partial charge in [0.15, 0.2) is 0 Å². The topological polar surface area (TPSA) is 12.0 Å². The fourth-order valence-electron chi connectivity index (χ4n) is 2.15. The molecule has 0 heterocycles. The first kappa shape index (κ1) is 17.0. The first-order valence-electron chi connectivity index (χ1n) is 7.68. The van der Waals surface area contributed by atoms with Crippen LogP contribution in [0, 0.1) is 11.3 Å². The predicted molar refractivity (Wildman–Crippen MR) is 79.5 cm³/mol. The summed E-state index contributed by atoms with van der Waals surface area (Å²) in [4.78, 5) is 0. The maximum Gasteiger partial charge on any atom is -0.00258 e. The van der Waals surface area contributed by atoms with Crippen LogP contribution in [-0.4, -0.2) is 13.1 Å². The van der Waals surface area contributed by atoms with Crippen molar-refractivity contribution in [1.29, 1.82) is 0 Å². The second-order valence-electron chi connectivity index (χ2n) is 6.68. The SMILES string of the molecule is CCCCCCCC(C)(C)CCNCC(C)C. The molecule has 0 saturated carbocycles. The molecule has 0 atom stereocenters. The highest BCUT2D eigenvalue weighted by Crippen LogP contribution is 2.27. The lowest BCUT2D eigenvalue weighted by Crippen LogP contribution is -2.25. The molecule has 0 aliphatic rings. The minimum atomic E-state index is 0.524. The van der Waals surface area contributed by atoms with Gasteiger partial charge in [0, 0.05) is 0 Å². The van der Waals surface area contributed by atoms with Gasteiger partial charge in [-0.05, 0) is 37.3 Å². The average molecular weight is 241 g/mol. The molecule has 17 heavy (non-hydrogen) atoms. The number of hydrogen-bond donors (Lipinski definition) is 1. The summed E-state index contributed by atoms with van der Waals surface area (Å²) in [6, 6.07) is 0. The standard InChI is InChI=1S/C16H35N/c1-6-7-8-9-10-11-16(4,5)12-13-17-14-15(2)3/h15,17H,6-14H2,1-5H3. The number of hydrogen-bond acceptors (Lipinski definition) is 1. The monoisotopic (exact) mass is 241 g/mol. The molecule has 0 aromatic heterocycles. The second kappa shape index (κ2) is 9.94. The van der Waals surface area contributed by atoms with Gasteiger partial charge < -0.3 is 5.32 Å². The van der Waals surface area contributed by atoms with Crippen molar-refractivity contribution in [3.05, 3.63) is 0 Å². The van der Waals surface area contributed by atoms with Crippen LogP contribution in [-0.2, 0) is 0 Å². The highest BCUT2D eigenvalue weighted by molar-refractivity contribution is 4.70. The first-order chi connectivity index (χ1) is 7.98. The Balaban J connectivity index is 3.44. The Bertz CT molecular complexity index is 161. The molecular formula is C16H35N. The first-order valence-corrected chi connectivity index (χ1v) is 7.68. The van der Waals surface area contributed by atoms with E-state index in [0.717, 1.165) is 12.5 Å². The van der Waals surface area contributed by atoms with Crippen LogP contribution in [0.5, 0.6) is 0 Å². The Morgan fingerprint density at radius 2 is 1.59 bits per heavy atom. The van der Waals surface area contributed by atoms with E-state index in [1.54, 1.807) is 0 Å². The third kappa shape index (κ3) is 12.2. The van der Waals surface area contributed by atoms with Crippen molar-refractivity contribution in [1.82, 2.24) is 5.32 Å². The van der Waals surface area contributed by atoms with Crippen molar-refractivity contribution < 1.29 is 0 Å². The quantitative estimate of drug-likeness (QED) is 0.501. The Kier molecular flexibility index (Phi) is 9.91. The summed E-state index contributed by atoms with van der Waals surface area (Å²) >= 11 is 0. The van der Waals surface area contributed by atoms with Crippen molar-refractivity contribution in [3.8, 4) is 0 Å². The predicted octanol–water partition coefficient (Wildman–Crippen LogP) is 5.01. The Morgan fingerprint density at radius 3 is 2.18 bits per heavy atom. The maximum absolute atomic E-state index is 3.55. The van der Waals surface area contributed by atoms with Gasteiger partial charge in [0.05, 0.1) is 0 Å². The molecule has 0 aliphatic heterocycles. The van der Waals surface area contributed by atoms with Gasteiger partial charge in [-0.2, -0.15) is 0 Å². The van der Waals surface area contributed by atoms with E-state index >= 15 is 0 Å². The zero-order chi connectivity index (χ0) is 13.1. The Labute approximate surface area is 110 Å². The normalized spacial score (nSPS) is 12.4. The lowest BCUT2D eigenvalue weighted by Gasteiger charge is -2.25. The molecule has 0 aromatic carbocycles. The fraction of sp³-hybridized carbons (Fsp3) is 1.00. The highest BCUT2D eigenvalue weighted by atomic mass is 14.8. The summed E-state index contributed by atoms with van der Waals surface area (Å²) in [5, 5.41) is 3.55. The molecule has 104 valence electrons. The van der Waals surface area contributed by atoms with Gasteiger partial charge in [-0.15, -0.1) is 0 Å². The lowest BCUT2D eigenvalue weighted by molar-refractivity contribution is 0.287. The smallest absolute Gasteiger partial charge is 0.00258 e. The lowest BCUT2D eigenvalue weighted by atomic mass is 9.83. The van der Waals surface area contributed by atoms with E-state index in [2.05, 4.69) is 39.9 Å². The molecule has 0 amide bonds. The van der Waals surface area contributed by atoms with Crippen LogP contribution in [0.1, 0.15) is 79.6 Å². The van der Waals surface area contributed by atoms with Crippen LogP contribution in [0.3, 0.4) is 0 Å². The molecular weight excluding hydrogens is 206 g/mol. The van der Waals surface area contributed by atoms with Crippen molar-refractivity contribution >= 4 is 0 Å². The van der Waals surface area contributed by atoms with Crippen LogP contribution in [0.4, 0.5) is 0 Å². The van der Waals surface area contributed by atoms with Crippen molar-refractivity contribution in [2.45, 2.75) is 79.6 Å². The van der Waals surface area contributed by atoms with Crippen LogP contribution < -0.4 is 5.32 Å². The van der Waals surface area contributed by atoms with Gasteiger partial charge in [0.1, 0.15) is 0 Å². The van der Waals surface area contributed by atoms with E-state index in [4.69, 9.17) is 0 Å². The molecule has 0 rings (SSSR count). The summed E-state index contributed by atoms with van der Waals surface area (Å²) in [5.74, 6) is 0.771. The fourth-order valence-corrected chi connectivity index (χ4v) is 2.15. The zero-order valence-electron chi connectivity index (χ0n) is 12.9. The molecule has 0 aromatic rings. The van der Waals surface area contributed by atoms with E-state index in [0.29, 0.717) is 5.41 Å². The van der Waals surface area contributed by atoms with E-state index in [1.807, 2.05) is 0 Å². The van der Waals surface area contributed by atoms with Crippen LogP contribution in [0.15, 0.2) is 0 Å².